The molecule has 1 aliphatic carbocycles. The number of ether oxygens (including phenoxy) is 2. The second kappa shape index (κ2) is 9.91. The van der Waals surface area contributed by atoms with Crippen LogP contribution in [0.3, 0.4) is 0 Å². The van der Waals surface area contributed by atoms with Crippen molar-refractivity contribution >= 4 is 9.84 Å². The van der Waals surface area contributed by atoms with Crippen molar-refractivity contribution in [3.63, 3.8) is 0 Å². The third kappa shape index (κ3) is 4.47. The minimum Gasteiger partial charge on any atom is -0.494 e. The van der Waals surface area contributed by atoms with Crippen LogP contribution in [-0.4, -0.2) is 53.8 Å². The number of aromatic hydroxyl groups is 1. The molecule has 0 bridgehead atoms. The molecule has 1 aromatic carbocycles. The minimum absolute atomic E-state index is 0.206. The zero-order valence-corrected chi connectivity index (χ0v) is 19.4. The SMILES string of the molecule is CCCCc1nc(=O)c(S(=O)(=O)[C@H]2CC[C@@H](O)CC2)c(O)n1-c1c(OC)cccc1OC. The molecule has 0 unspecified atom stereocenters. The summed E-state index contributed by atoms with van der Waals surface area (Å²) in [6, 6.07) is 5.00. The lowest BCUT2D eigenvalue weighted by Crippen LogP contribution is -2.34. The first kappa shape index (κ1) is 24.1. The van der Waals surface area contributed by atoms with Gasteiger partial charge >= 0.3 is 0 Å². The molecule has 0 radical (unpaired) electrons. The molecule has 0 saturated heterocycles. The van der Waals surface area contributed by atoms with Crippen LogP contribution in [0.2, 0.25) is 0 Å². The summed E-state index contributed by atoms with van der Waals surface area (Å²) < 4.78 is 38.9. The number of aliphatic hydroxyl groups excluding tert-OH is 1. The maximum Gasteiger partial charge on any atom is 0.295 e. The Morgan fingerprint density at radius 2 is 1.72 bits per heavy atom. The average Bonchev–Trinajstić information content (AvgIpc) is 2.77. The molecular weight excluding hydrogens is 436 g/mol. The number of unbranched alkanes of at least 4 members (excludes halogenated alkanes) is 1. The number of rotatable bonds is 8. The van der Waals surface area contributed by atoms with Crippen LogP contribution < -0.4 is 15.0 Å². The van der Waals surface area contributed by atoms with Gasteiger partial charge in [0.25, 0.3) is 5.56 Å². The molecule has 10 heteroatoms. The molecule has 0 aliphatic heterocycles. The highest BCUT2D eigenvalue weighted by Gasteiger charge is 2.38. The van der Waals surface area contributed by atoms with E-state index >= 15 is 0 Å². The van der Waals surface area contributed by atoms with Crippen LogP contribution in [0.5, 0.6) is 17.4 Å². The zero-order chi connectivity index (χ0) is 23.5. The summed E-state index contributed by atoms with van der Waals surface area (Å²) in [5, 5.41) is 20.1. The van der Waals surface area contributed by atoms with Crippen LogP contribution in [-0.2, 0) is 16.3 Å². The molecule has 2 N–H and O–H groups in total. The Balaban J connectivity index is 2.29. The molecule has 1 heterocycles. The number of benzene rings is 1. The van der Waals surface area contributed by atoms with E-state index in [-0.39, 0.29) is 24.4 Å². The Kier molecular flexibility index (Phi) is 7.45. The topological polar surface area (TPSA) is 128 Å². The summed E-state index contributed by atoms with van der Waals surface area (Å²) in [6.07, 6.45) is 2.33. The van der Waals surface area contributed by atoms with Crippen molar-refractivity contribution in [2.45, 2.75) is 68.1 Å². The number of hydrogen-bond acceptors (Lipinski definition) is 8. The second-order valence-electron chi connectivity index (χ2n) is 7.91. The van der Waals surface area contributed by atoms with Gasteiger partial charge in [-0.1, -0.05) is 19.4 Å². The minimum atomic E-state index is -4.19. The molecule has 0 spiro atoms. The standard InChI is InChI=1S/C22H30N2O7S/c1-4-5-9-18-23-21(26)20(32(28,29)15-12-10-14(25)11-13-15)22(27)24(18)19-16(30-2)7-6-8-17(19)31-3/h6-8,14-15,25,27H,4-5,9-13H2,1-3H3/t14-,15+. The number of hydrogen-bond donors (Lipinski definition) is 2. The van der Waals surface area contributed by atoms with Crippen molar-refractivity contribution in [2.75, 3.05) is 14.2 Å². The van der Waals surface area contributed by atoms with E-state index in [1.165, 1.54) is 18.8 Å². The summed E-state index contributed by atoms with van der Waals surface area (Å²) in [7, 11) is -1.30. The predicted molar refractivity (Wildman–Crippen MR) is 119 cm³/mol. The van der Waals surface area contributed by atoms with E-state index in [2.05, 4.69) is 4.98 Å². The molecule has 1 aliphatic rings. The Labute approximate surface area is 187 Å². The predicted octanol–water partition coefficient (Wildman–Crippen LogP) is 2.38. The number of methoxy groups -OCH3 is 2. The van der Waals surface area contributed by atoms with Crippen LogP contribution >= 0.6 is 0 Å². The van der Waals surface area contributed by atoms with Crippen molar-refractivity contribution in [3.05, 3.63) is 34.4 Å². The van der Waals surface area contributed by atoms with Gasteiger partial charge in [0.2, 0.25) is 5.88 Å². The van der Waals surface area contributed by atoms with Crippen molar-refractivity contribution in [3.8, 4) is 23.1 Å². The highest BCUT2D eigenvalue weighted by Crippen LogP contribution is 2.38. The fraction of sp³-hybridized carbons (Fsp3) is 0.545. The molecule has 1 saturated carbocycles. The molecule has 1 fully saturated rings. The van der Waals surface area contributed by atoms with E-state index < -0.39 is 37.5 Å². The zero-order valence-electron chi connectivity index (χ0n) is 18.6. The molecular formula is C22H30N2O7S. The summed E-state index contributed by atoms with van der Waals surface area (Å²) in [5.74, 6) is 0.166. The van der Waals surface area contributed by atoms with Gasteiger partial charge in [-0.2, -0.15) is 4.98 Å². The summed E-state index contributed by atoms with van der Waals surface area (Å²) >= 11 is 0. The molecule has 9 nitrogen and oxygen atoms in total. The van der Waals surface area contributed by atoms with Gasteiger partial charge in [0, 0.05) is 6.42 Å². The quantitative estimate of drug-likeness (QED) is 0.607. The summed E-state index contributed by atoms with van der Waals surface area (Å²) in [5.41, 5.74) is -0.714. The highest BCUT2D eigenvalue weighted by molar-refractivity contribution is 7.92. The lowest BCUT2D eigenvalue weighted by atomic mass is 9.97. The Hall–Kier alpha value is -2.59. The highest BCUT2D eigenvalue weighted by atomic mass is 32.2. The van der Waals surface area contributed by atoms with Gasteiger partial charge < -0.3 is 19.7 Å². The molecule has 176 valence electrons. The second-order valence-corrected chi connectivity index (χ2v) is 10.1. The average molecular weight is 467 g/mol. The maximum atomic E-state index is 13.4. The summed E-state index contributed by atoms with van der Waals surface area (Å²) in [6.45, 7) is 1.97. The first-order chi connectivity index (χ1) is 15.3. The Bertz CT molecular complexity index is 1100. The molecule has 0 atom stereocenters. The van der Waals surface area contributed by atoms with Gasteiger partial charge in [-0.15, -0.1) is 0 Å². The van der Waals surface area contributed by atoms with E-state index in [9.17, 15) is 23.4 Å². The number of para-hydroxylation sites is 1. The monoisotopic (exact) mass is 466 g/mol. The van der Waals surface area contributed by atoms with Gasteiger partial charge in [0.05, 0.1) is 25.6 Å². The van der Waals surface area contributed by atoms with E-state index in [0.29, 0.717) is 37.2 Å². The fourth-order valence-electron chi connectivity index (χ4n) is 4.10. The molecule has 32 heavy (non-hydrogen) atoms. The fourth-order valence-corrected chi connectivity index (χ4v) is 5.96. The molecule has 3 rings (SSSR count). The lowest BCUT2D eigenvalue weighted by molar-refractivity contribution is 0.131. The van der Waals surface area contributed by atoms with Crippen molar-refractivity contribution in [1.82, 2.24) is 9.55 Å². The molecule has 2 aromatic rings. The number of sulfone groups is 1. The third-order valence-corrected chi connectivity index (χ3v) is 8.12. The first-order valence-corrected chi connectivity index (χ1v) is 12.3. The van der Waals surface area contributed by atoms with E-state index in [4.69, 9.17) is 9.47 Å². The van der Waals surface area contributed by atoms with Crippen molar-refractivity contribution in [1.29, 1.82) is 0 Å². The number of aryl methyl sites for hydroxylation is 1. The van der Waals surface area contributed by atoms with Gasteiger partial charge in [-0.05, 0) is 44.2 Å². The van der Waals surface area contributed by atoms with Gasteiger partial charge in [-0.25, -0.2) is 8.42 Å². The number of aromatic nitrogens is 2. The van der Waals surface area contributed by atoms with E-state index in [1.54, 1.807) is 18.2 Å². The van der Waals surface area contributed by atoms with Gasteiger partial charge in [-0.3, -0.25) is 9.36 Å². The van der Waals surface area contributed by atoms with Gasteiger partial charge in [0.15, 0.2) is 14.7 Å². The number of nitrogens with zero attached hydrogens (tertiary/aromatic N) is 2. The van der Waals surface area contributed by atoms with Gasteiger partial charge in [0.1, 0.15) is 23.0 Å². The third-order valence-electron chi connectivity index (χ3n) is 5.84. The smallest absolute Gasteiger partial charge is 0.295 e. The first-order valence-electron chi connectivity index (χ1n) is 10.7. The summed E-state index contributed by atoms with van der Waals surface area (Å²) in [4.78, 5) is 16.2. The maximum absolute atomic E-state index is 13.4. The number of aliphatic hydroxyl groups is 1. The van der Waals surface area contributed by atoms with E-state index in [1.807, 2.05) is 6.92 Å². The van der Waals surface area contributed by atoms with Crippen LogP contribution in [0, 0.1) is 0 Å². The largest absolute Gasteiger partial charge is 0.494 e. The van der Waals surface area contributed by atoms with Crippen LogP contribution in [0.1, 0.15) is 51.3 Å². The molecule has 1 aromatic heterocycles. The normalized spacial score (nSPS) is 19.0. The Morgan fingerprint density at radius 3 is 2.25 bits per heavy atom. The molecule has 0 amide bonds. The Morgan fingerprint density at radius 1 is 1.12 bits per heavy atom. The van der Waals surface area contributed by atoms with Crippen LogP contribution in [0.25, 0.3) is 5.69 Å². The van der Waals surface area contributed by atoms with Crippen molar-refractivity contribution in [2.24, 2.45) is 0 Å². The van der Waals surface area contributed by atoms with Crippen LogP contribution in [0.15, 0.2) is 27.9 Å². The van der Waals surface area contributed by atoms with Crippen LogP contribution in [0.4, 0.5) is 0 Å². The lowest BCUT2D eigenvalue weighted by Gasteiger charge is -2.26. The van der Waals surface area contributed by atoms with E-state index in [0.717, 1.165) is 6.42 Å². The van der Waals surface area contributed by atoms with Crippen molar-refractivity contribution < 1.29 is 28.1 Å².